The summed E-state index contributed by atoms with van der Waals surface area (Å²) in [7, 11) is 0. The first-order chi connectivity index (χ1) is 10.8. The molecule has 2 atom stereocenters. The maximum Gasteiger partial charge on any atom is 0.242 e. The highest BCUT2D eigenvalue weighted by Gasteiger charge is 2.21. The molecule has 128 valence electrons. The van der Waals surface area contributed by atoms with E-state index >= 15 is 0 Å². The topological polar surface area (TPSA) is 91.7 Å². The van der Waals surface area contributed by atoms with Crippen LogP contribution < -0.4 is 15.5 Å². The number of nitrogens with one attached hydrogen (secondary N) is 2. The molecule has 0 saturated carbocycles. The summed E-state index contributed by atoms with van der Waals surface area (Å²) in [6.07, 6.45) is 2.25. The van der Waals surface area contributed by atoms with E-state index < -0.39 is 18.0 Å². The molecule has 0 aromatic carbocycles. The number of furan rings is 1. The number of rotatable bonds is 9. The van der Waals surface area contributed by atoms with Gasteiger partial charge in [0.2, 0.25) is 11.8 Å². The number of aldehydes is 1. The van der Waals surface area contributed by atoms with Gasteiger partial charge in [-0.2, -0.15) is 0 Å². The lowest BCUT2D eigenvalue weighted by atomic mass is 10.2. The molecule has 0 radical (unpaired) electrons. The Hall–Kier alpha value is -2.31. The zero-order valence-electron chi connectivity index (χ0n) is 14.0. The number of nitrogens with zero attached hydrogens (tertiary/aromatic N) is 1. The summed E-state index contributed by atoms with van der Waals surface area (Å²) in [6.45, 7) is 8.01. The molecule has 23 heavy (non-hydrogen) atoms. The smallest absolute Gasteiger partial charge is 0.242 e. The number of amides is 2. The van der Waals surface area contributed by atoms with E-state index in [1.54, 1.807) is 19.3 Å². The monoisotopic (exact) mass is 323 g/mol. The van der Waals surface area contributed by atoms with Gasteiger partial charge in [0.15, 0.2) is 5.88 Å². The molecular formula is C16H25N3O4. The van der Waals surface area contributed by atoms with Gasteiger partial charge in [-0.05, 0) is 18.9 Å². The molecule has 1 aromatic rings. The molecule has 0 fully saturated rings. The van der Waals surface area contributed by atoms with Crippen LogP contribution in [0.15, 0.2) is 22.8 Å². The molecule has 0 aliphatic heterocycles. The zero-order valence-corrected chi connectivity index (χ0v) is 14.0. The van der Waals surface area contributed by atoms with Gasteiger partial charge in [-0.3, -0.25) is 9.59 Å². The maximum atomic E-state index is 12.0. The molecule has 7 heteroatoms. The third-order valence-corrected chi connectivity index (χ3v) is 3.13. The van der Waals surface area contributed by atoms with E-state index in [0.717, 1.165) is 0 Å². The lowest BCUT2D eigenvalue weighted by Gasteiger charge is -2.27. The first kappa shape index (κ1) is 18.7. The third kappa shape index (κ3) is 6.54. The second-order valence-corrected chi connectivity index (χ2v) is 5.92. The fourth-order valence-electron chi connectivity index (χ4n) is 2.18. The van der Waals surface area contributed by atoms with Crippen LogP contribution in [0.3, 0.4) is 0 Å². The standard InChI is InChI=1S/C16H25N3O4/c1-11(2)8-19(15-6-5-7-23-15)9-14(10-20)18-16(22)12(3)17-13(4)21/h5-7,10-12,14H,8-9H2,1-4H3,(H,17,21)(H,18,22). The van der Waals surface area contributed by atoms with Crippen LogP contribution in [0.25, 0.3) is 0 Å². The Morgan fingerprint density at radius 1 is 1.26 bits per heavy atom. The molecule has 1 rings (SSSR count). The highest BCUT2D eigenvalue weighted by Crippen LogP contribution is 2.16. The summed E-state index contributed by atoms with van der Waals surface area (Å²) in [6, 6.07) is 2.20. The summed E-state index contributed by atoms with van der Waals surface area (Å²) in [5.74, 6) is 0.310. The quantitative estimate of drug-likeness (QED) is 0.660. The Bertz CT molecular complexity index is 513. The van der Waals surface area contributed by atoms with Gasteiger partial charge >= 0.3 is 0 Å². The maximum absolute atomic E-state index is 12.0. The van der Waals surface area contributed by atoms with E-state index in [4.69, 9.17) is 4.42 Å². The van der Waals surface area contributed by atoms with Crippen molar-refractivity contribution in [3.05, 3.63) is 18.4 Å². The van der Waals surface area contributed by atoms with Crippen LogP contribution in [-0.2, 0) is 14.4 Å². The largest absolute Gasteiger partial charge is 0.449 e. The third-order valence-electron chi connectivity index (χ3n) is 3.13. The fraction of sp³-hybridized carbons (Fsp3) is 0.562. The van der Waals surface area contributed by atoms with Crippen molar-refractivity contribution in [2.24, 2.45) is 5.92 Å². The van der Waals surface area contributed by atoms with E-state index in [1.165, 1.54) is 6.92 Å². The van der Waals surface area contributed by atoms with E-state index in [-0.39, 0.29) is 5.91 Å². The molecule has 0 aliphatic carbocycles. The van der Waals surface area contributed by atoms with Gasteiger partial charge in [0.05, 0.1) is 6.26 Å². The average Bonchev–Trinajstić information content (AvgIpc) is 2.98. The molecule has 2 amide bonds. The van der Waals surface area contributed by atoms with Gasteiger partial charge < -0.3 is 24.7 Å². The highest BCUT2D eigenvalue weighted by atomic mass is 16.3. The van der Waals surface area contributed by atoms with Crippen LogP contribution in [0.1, 0.15) is 27.7 Å². The Kier molecular flexibility index (Phi) is 7.31. The average molecular weight is 323 g/mol. The van der Waals surface area contributed by atoms with Gasteiger partial charge in [0.1, 0.15) is 18.4 Å². The first-order valence-electron chi connectivity index (χ1n) is 7.64. The van der Waals surface area contributed by atoms with Crippen molar-refractivity contribution in [1.82, 2.24) is 10.6 Å². The molecule has 7 nitrogen and oxygen atoms in total. The van der Waals surface area contributed by atoms with Crippen molar-refractivity contribution in [3.63, 3.8) is 0 Å². The summed E-state index contributed by atoms with van der Waals surface area (Å²) in [4.78, 5) is 36.2. The van der Waals surface area contributed by atoms with Crippen molar-refractivity contribution >= 4 is 24.0 Å². The first-order valence-corrected chi connectivity index (χ1v) is 7.64. The Balaban J connectivity index is 2.70. The summed E-state index contributed by atoms with van der Waals surface area (Å²) in [5.41, 5.74) is 0. The molecular weight excluding hydrogens is 298 g/mol. The minimum absolute atomic E-state index is 0.299. The molecule has 2 N–H and O–H groups in total. The fourth-order valence-corrected chi connectivity index (χ4v) is 2.18. The van der Waals surface area contributed by atoms with Crippen molar-refractivity contribution in [2.45, 2.75) is 39.8 Å². The number of anilines is 1. The van der Waals surface area contributed by atoms with E-state index in [2.05, 4.69) is 24.5 Å². The summed E-state index contributed by atoms with van der Waals surface area (Å²) in [5, 5.41) is 5.12. The predicted molar refractivity (Wildman–Crippen MR) is 87.0 cm³/mol. The van der Waals surface area contributed by atoms with E-state index in [9.17, 15) is 14.4 Å². The lowest BCUT2D eigenvalue weighted by Crippen LogP contribution is -2.51. The number of hydrogen-bond donors (Lipinski definition) is 2. The van der Waals surface area contributed by atoms with Gasteiger partial charge in [-0.1, -0.05) is 13.8 Å². The Labute approximate surface area is 136 Å². The minimum atomic E-state index is -0.697. The van der Waals surface area contributed by atoms with Gasteiger partial charge in [0.25, 0.3) is 0 Å². The summed E-state index contributed by atoms with van der Waals surface area (Å²) < 4.78 is 5.39. The highest BCUT2D eigenvalue weighted by molar-refractivity contribution is 5.88. The minimum Gasteiger partial charge on any atom is -0.449 e. The van der Waals surface area contributed by atoms with Crippen molar-refractivity contribution in [2.75, 3.05) is 18.0 Å². The molecule has 0 saturated heterocycles. The van der Waals surface area contributed by atoms with Crippen LogP contribution in [0, 0.1) is 5.92 Å². The van der Waals surface area contributed by atoms with Crippen molar-refractivity contribution in [1.29, 1.82) is 0 Å². The van der Waals surface area contributed by atoms with Crippen LogP contribution >= 0.6 is 0 Å². The van der Waals surface area contributed by atoms with Gasteiger partial charge in [-0.25, -0.2) is 0 Å². The van der Waals surface area contributed by atoms with Crippen molar-refractivity contribution in [3.8, 4) is 0 Å². The molecule has 0 aliphatic rings. The Morgan fingerprint density at radius 3 is 2.43 bits per heavy atom. The lowest BCUT2D eigenvalue weighted by molar-refractivity contribution is -0.128. The molecule has 1 heterocycles. The normalized spacial score (nSPS) is 13.3. The van der Waals surface area contributed by atoms with Crippen LogP contribution in [0.2, 0.25) is 0 Å². The number of hydrogen-bond acceptors (Lipinski definition) is 5. The Morgan fingerprint density at radius 2 is 1.96 bits per heavy atom. The van der Waals surface area contributed by atoms with Crippen LogP contribution in [0.5, 0.6) is 0 Å². The summed E-state index contributed by atoms with van der Waals surface area (Å²) >= 11 is 0. The van der Waals surface area contributed by atoms with Gasteiger partial charge in [0, 0.05) is 26.1 Å². The van der Waals surface area contributed by atoms with Crippen LogP contribution in [0.4, 0.5) is 5.88 Å². The van der Waals surface area contributed by atoms with E-state index in [1.807, 2.05) is 11.0 Å². The number of carbonyl (C=O) groups is 3. The molecule has 0 spiro atoms. The van der Waals surface area contributed by atoms with Crippen molar-refractivity contribution < 1.29 is 18.8 Å². The molecule has 1 aromatic heterocycles. The molecule has 2 unspecified atom stereocenters. The second kappa shape index (κ2) is 8.97. The zero-order chi connectivity index (χ0) is 17.4. The molecule has 0 bridgehead atoms. The number of carbonyl (C=O) groups excluding carboxylic acids is 3. The SMILES string of the molecule is CC(=O)NC(C)C(=O)NC(C=O)CN(CC(C)C)c1ccco1. The van der Waals surface area contributed by atoms with Gasteiger partial charge in [-0.15, -0.1) is 0 Å². The predicted octanol–water partition coefficient (Wildman–Crippen LogP) is 0.950. The van der Waals surface area contributed by atoms with Crippen LogP contribution in [-0.4, -0.2) is 43.3 Å². The second-order valence-electron chi connectivity index (χ2n) is 5.92. The van der Waals surface area contributed by atoms with E-state index in [0.29, 0.717) is 31.2 Å².